The first-order valence-corrected chi connectivity index (χ1v) is 7.95. The molecule has 1 heterocycles. The lowest BCUT2D eigenvalue weighted by molar-refractivity contribution is 0.238. The summed E-state index contributed by atoms with van der Waals surface area (Å²) in [5.74, 6) is 0. The van der Waals surface area contributed by atoms with Crippen LogP contribution in [0.2, 0.25) is 0 Å². The lowest BCUT2D eigenvalue weighted by atomic mass is 9.99. The van der Waals surface area contributed by atoms with Crippen LogP contribution < -0.4 is 5.32 Å². The summed E-state index contributed by atoms with van der Waals surface area (Å²) in [7, 11) is 2.17. The van der Waals surface area contributed by atoms with Gasteiger partial charge in [-0.2, -0.15) is 5.26 Å². The standard InChI is InChI=1S/C17H26N4/c1-3-10-20-17(14-18)9-7-16(13-17)21(2)12-8-15-6-4-5-11-19-15/h4-6,11,16,20H,3,7-10,12-13H2,1-2H3. The topological polar surface area (TPSA) is 52.0 Å². The molecule has 0 spiro atoms. The van der Waals surface area contributed by atoms with E-state index < -0.39 is 0 Å². The predicted octanol–water partition coefficient (Wildman–Crippen LogP) is 2.37. The second-order valence-corrected chi connectivity index (χ2v) is 6.07. The molecule has 1 fully saturated rings. The van der Waals surface area contributed by atoms with Gasteiger partial charge in [-0.1, -0.05) is 13.0 Å². The molecule has 0 saturated heterocycles. The molecule has 21 heavy (non-hydrogen) atoms. The highest BCUT2D eigenvalue weighted by Gasteiger charge is 2.40. The monoisotopic (exact) mass is 286 g/mol. The van der Waals surface area contributed by atoms with Gasteiger partial charge in [0.15, 0.2) is 0 Å². The van der Waals surface area contributed by atoms with Crippen molar-refractivity contribution in [3.8, 4) is 6.07 Å². The first kappa shape index (κ1) is 15.9. The highest BCUT2D eigenvalue weighted by molar-refractivity contribution is 5.13. The number of nitriles is 1. The fourth-order valence-electron chi connectivity index (χ4n) is 3.08. The van der Waals surface area contributed by atoms with Crippen LogP contribution >= 0.6 is 0 Å². The first-order valence-electron chi connectivity index (χ1n) is 7.95. The molecule has 0 aromatic carbocycles. The van der Waals surface area contributed by atoms with Crippen molar-refractivity contribution in [1.29, 1.82) is 5.26 Å². The number of hydrogen-bond donors (Lipinski definition) is 1. The van der Waals surface area contributed by atoms with Crippen molar-refractivity contribution >= 4 is 0 Å². The van der Waals surface area contributed by atoms with Crippen LogP contribution in [-0.4, -0.2) is 41.6 Å². The third-order valence-corrected chi connectivity index (χ3v) is 4.49. The van der Waals surface area contributed by atoms with Crippen LogP contribution in [-0.2, 0) is 6.42 Å². The maximum atomic E-state index is 9.51. The van der Waals surface area contributed by atoms with E-state index in [0.29, 0.717) is 6.04 Å². The Morgan fingerprint density at radius 2 is 2.38 bits per heavy atom. The third kappa shape index (κ3) is 4.26. The second-order valence-electron chi connectivity index (χ2n) is 6.07. The van der Waals surface area contributed by atoms with E-state index in [1.807, 2.05) is 18.3 Å². The smallest absolute Gasteiger partial charge is 0.108 e. The summed E-state index contributed by atoms with van der Waals surface area (Å²) in [4.78, 5) is 6.76. The highest BCUT2D eigenvalue weighted by Crippen LogP contribution is 2.32. The number of aromatic nitrogens is 1. The van der Waals surface area contributed by atoms with Crippen LogP contribution in [0.1, 0.15) is 38.3 Å². The Bertz CT molecular complexity index is 467. The van der Waals surface area contributed by atoms with E-state index >= 15 is 0 Å². The zero-order valence-electron chi connectivity index (χ0n) is 13.2. The number of nitrogens with one attached hydrogen (secondary N) is 1. The molecule has 0 aliphatic heterocycles. The maximum absolute atomic E-state index is 9.51. The number of nitrogens with zero attached hydrogens (tertiary/aromatic N) is 3. The summed E-state index contributed by atoms with van der Waals surface area (Å²) in [5.41, 5.74) is 0.831. The van der Waals surface area contributed by atoms with E-state index in [1.165, 1.54) is 0 Å². The maximum Gasteiger partial charge on any atom is 0.108 e. The molecule has 0 amide bonds. The molecule has 1 saturated carbocycles. The average Bonchev–Trinajstić information content (AvgIpc) is 2.97. The SMILES string of the molecule is CCCNC1(C#N)CCC(N(C)CCc2ccccn2)C1. The van der Waals surface area contributed by atoms with Crippen LogP contribution in [0.15, 0.2) is 24.4 Å². The second kappa shape index (κ2) is 7.53. The lowest BCUT2D eigenvalue weighted by Crippen LogP contribution is -2.44. The van der Waals surface area contributed by atoms with Gasteiger partial charge in [0.1, 0.15) is 5.54 Å². The number of hydrogen-bond acceptors (Lipinski definition) is 4. The van der Waals surface area contributed by atoms with Gasteiger partial charge in [0.2, 0.25) is 0 Å². The lowest BCUT2D eigenvalue weighted by Gasteiger charge is -2.27. The van der Waals surface area contributed by atoms with E-state index in [-0.39, 0.29) is 5.54 Å². The molecule has 2 rings (SSSR count). The Morgan fingerprint density at radius 1 is 1.52 bits per heavy atom. The van der Waals surface area contributed by atoms with Gasteiger partial charge in [-0.15, -0.1) is 0 Å². The minimum Gasteiger partial charge on any atom is -0.303 e. The predicted molar refractivity (Wildman–Crippen MR) is 84.8 cm³/mol. The summed E-state index contributed by atoms with van der Waals surface area (Å²) in [6, 6.07) is 9.08. The molecule has 0 bridgehead atoms. The van der Waals surface area contributed by atoms with E-state index in [2.05, 4.69) is 41.3 Å². The van der Waals surface area contributed by atoms with E-state index in [0.717, 1.165) is 50.9 Å². The van der Waals surface area contributed by atoms with Gasteiger partial charge in [-0.3, -0.25) is 10.3 Å². The molecule has 4 heteroatoms. The van der Waals surface area contributed by atoms with Crippen LogP contribution in [0.3, 0.4) is 0 Å². The van der Waals surface area contributed by atoms with Crippen molar-refractivity contribution in [3.05, 3.63) is 30.1 Å². The highest BCUT2D eigenvalue weighted by atomic mass is 15.1. The molecule has 1 aliphatic carbocycles. The van der Waals surface area contributed by atoms with Gasteiger partial charge < -0.3 is 4.90 Å². The summed E-state index contributed by atoms with van der Waals surface area (Å²) in [6.07, 6.45) is 6.88. The summed E-state index contributed by atoms with van der Waals surface area (Å²) in [5, 5.41) is 13.0. The Kier molecular flexibility index (Phi) is 5.72. The van der Waals surface area contributed by atoms with Gasteiger partial charge in [-0.25, -0.2) is 0 Å². The van der Waals surface area contributed by atoms with Gasteiger partial charge >= 0.3 is 0 Å². The van der Waals surface area contributed by atoms with Crippen molar-refractivity contribution in [2.45, 2.75) is 50.6 Å². The largest absolute Gasteiger partial charge is 0.303 e. The van der Waals surface area contributed by atoms with Crippen LogP contribution in [0.4, 0.5) is 0 Å². The van der Waals surface area contributed by atoms with Crippen molar-refractivity contribution in [3.63, 3.8) is 0 Å². The molecule has 1 N–H and O–H groups in total. The molecule has 114 valence electrons. The Hall–Kier alpha value is -1.44. The van der Waals surface area contributed by atoms with Crippen LogP contribution in [0.25, 0.3) is 0 Å². The number of pyridine rings is 1. The fourth-order valence-corrected chi connectivity index (χ4v) is 3.08. The van der Waals surface area contributed by atoms with Crippen molar-refractivity contribution in [2.24, 2.45) is 0 Å². The van der Waals surface area contributed by atoms with Gasteiger partial charge in [-0.05, 0) is 51.4 Å². The van der Waals surface area contributed by atoms with Gasteiger partial charge in [0.25, 0.3) is 0 Å². The Balaban J connectivity index is 1.84. The van der Waals surface area contributed by atoms with Gasteiger partial charge in [0.05, 0.1) is 6.07 Å². The van der Waals surface area contributed by atoms with Gasteiger partial charge in [0, 0.05) is 30.9 Å². The summed E-state index contributed by atoms with van der Waals surface area (Å²) >= 11 is 0. The average molecular weight is 286 g/mol. The summed E-state index contributed by atoms with van der Waals surface area (Å²) < 4.78 is 0. The first-order chi connectivity index (χ1) is 10.2. The zero-order valence-corrected chi connectivity index (χ0v) is 13.2. The molecule has 0 radical (unpaired) electrons. The molecular weight excluding hydrogens is 260 g/mol. The molecule has 4 nitrogen and oxygen atoms in total. The number of likely N-dealkylation sites (N-methyl/N-ethyl adjacent to an activating group) is 1. The zero-order chi connectivity index (χ0) is 15.1. The van der Waals surface area contributed by atoms with E-state index in [4.69, 9.17) is 0 Å². The van der Waals surface area contributed by atoms with E-state index in [9.17, 15) is 5.26 Å². The Labute approximate surface area is 128 Å². The molecule has 2 atom stereocenters. The van der Waals surface area contributed by atoms with Crippen molar-refractivity contribution in [2.75, 3.05) is 20.1 Å². The minimum atomic E-state index is -0.306. The third-order valence-electron chi connectivity index (χ3n) is 4.49. The molecule has 1 aromatic rings. The van der Waals surface area contributed by atoms with E-state index in [1.54, 1.807) is 0 Å². The summed E-state index contributed by atoms with van der Waals surface area (Å²) in [6.45, 7) is 4.07. The minimum absolute atomic E-state index is 0.306. The molecule has 1 aromatic heterocycles. The fraction of sp³-hybridized carbons (Fsp3) is 0.647. The van der Waals surface area contributed by atoms with Crippen LogP contribution in [0, 0.1) is 11.3 Å². The number of rotatable bonds is 7. The quantitative estimate of drug-likeness (QED) is 0.836. The van der Waals surface area contributed by atoms with Crippen molar-refractivity contribution in [1.82, 2.24) is 15.2 Å². The van der Waals surface area contributed by atoms with Crippen molar-refractivity contribution < 1.29 is 0 Å². The molecular formula is C17H26N4. The molecule has 2 unspecified atom stereocenters. The molecule has 1 aliphatic rings. The van der Waals surface area contributed by atoms with Crippen LogP contribution in [0.5, 0.6) is 0 Å². The Morgan fingerprint density at radius 3 is 3.05 bits per heavy atom. The normalized spacial score (nSPS) is 25.1.